The highest BCUT2D eigenvalue weighted by Gasteiger charge is 2.05. The number of amidine groups is 1. The molecule has 104 valence electrons. The average molecular weight is 335 g/mol. The Kier molecular flexibility index (Phi) is 4.63. The number of hydrogen-bond acceptors (Lipinski definition) is 3. The minimum absolute atomic E-state index is 0.0982. The van der Waals surface area contributed by atoms with Crippen LogP contribution in [-0.4, -0.2) is 11.0 Å². The largest absolute Gasteiger partial charge is 0.489 e. The van der Waals surface area contributed by atoms with Crippen molar-refractivity contribution in [1.82, 2.24) is 0 Å². The van der Waals surface area contributed by atoms with E-state index in [2.05, 4.69) is 21.1 Å². The summed E-state index contributed by atoms with van der Waals surface area (Å²) in [6, 6.07) is 13.4. The molecule has 0 heterocycles. The number of aryl methyl sites for hydroxylation is 1. The van der Waals surface area contributed by atoms with Crippen LogP contribution in [0.1, 0.15) is 16.7 Å². The normalized spacial score (nSPS) is 11.4. The molecule has 0 radical (unpaired) electrons. The Hall–Kier alpha value is -2.01. The fourth-order valence-electron chi connectivity index (χ4n) is 1.86. The predicted octanol–water partition coefficient (Wildman–Crippen LogP) is 3.43. The first-order chi connectivity index (χ1) is 9.60. The lowest BCUT2D eigenvalue weighted by Gasteiger charge is -2.09. The molecule has 0 aliphatic carbocycles. The molecule has 4 nitrogen and oxygen atoms in total. The van der Waals surface area contributed by atoms with E-state index >= 15 is 0 Å². The minimum atomic E-state index is 0.0982. The Morgan fingerprint density at radius 1 is 1.30 bits per heavy atom. The standard InChI is InChI=1S/C15H15BrN2O2/c1-10-7-13(5-6-14(10)15(17)18-19)20-9-11-3-2-4-12(16)8-11/h2-8,19H,9H2,1H3,(H2,17,18). The molecule has 0 aromatic heterocycles. The first kappa shape index (κ1) is 14.4. The van der Waals surface area contributed by atoms with Crippen LogP contribution >= 0.6 is 15.9 Å². The summed E-state index contributed by atoms with van der Waals surface area (Å²) in [4.78, 5) is 0. The van der Waals surface area contributed by atoms with Gasteiger partial charge in [-0.05, 0) is 48.4 Å². The van der Waals surface area contributed by atoms with Crippen LogP contribution < -0.4 is 10.5 Å². The highest BCUT2D eigenvalue weighted by molar-refractivity contribution is 9.10. The smallest absolute Gasteiger partial charge is 0.170 e. The first-order valence-corrected chi connectivity index (χ1v) is 6.85. The van der Waals surface area contributed by atoms with Gasteiger partial charge in [0.15, 0.2) is 5.84 Å². The van der Waals surface area contributed by atoms with E-state index in [0.717, 1.165) is 21.3 Å². The van der Waals surface area contributed by atoms with Crippen molar-refractivity contribution in [3.63, 3.8) is 0 Å². The topological polar surface area (TPSA) is 67.8 Å². The molecule has 0 atom stereocenters. The summed E-state index contributed by atoms with van der Waals surface area (Å²) in [7, 11) is 0. The molecule has 0 saturated heterocycles. The quantitative estimate of drug-likeness (QED) is 0.389. The molecular weight excluding hydrogens is 320 g/mol. The first-order valence-electron chi connectivity index (χ1n) is 6.06. The molecule has 0 aliphatic rings. The third kappa shape index (κ3) is 3.51. The fourth-order valence-corrected chi connectivity index (χ4v) is 2.31. The van der Waals surface area contributed by atoms with Crippen LogP contribution in [0.2, 0.25) is 0 Å². The maximum absolute atomic E-state index is 8.69. The van der Waals surface area contributed by atoms with E-state index in [1.807, 2.05) is 37.3 Å². The van der Waals surface area contributed by atoms with Crippen molar-refractivity contribution in [3.8, 4) is 5.75 Å². The number of nitrogens with zero attached hydrogens (tertiary/aromatic N) is 1. The van der Waals surface area contributed by atoms with Crippen molar-refractivity contribution in [3.05, 3.63) is 63.6 Å². The monoisotopic (exact) mass is 334 g/mol. The second-order valence-electron chi connectivity index (χ2n) is 4.38. The van der Waals surface area contributed by atoms with Crippen molar-refractivity contribution < 1.29 is 9.94 Å². The van der Waals surface area contributed by atoms with Gasteiger partial charge in [-0.2, -0.15) is 0 Å². The van der Waals surface area contributed by atoms with E-state index < -0.39 is 0 Å². The zero-order valence-corrected chi connectivity index (χ0v) is 12.6. The SMILES string of the molecule is Cc1cc(OCc2cccc(Br)c2)ccc1/C(N)=N/O. The summed E-state index contributed by atoms with van der Waals surface area (Å²) in [6.45, 7) is 2.38. The number of nitrogens with two attached hydrogens (primary N) is 1. The van der Waals surface area contributed by atoms with E-state index in [1.165, 1.54) is 0 Å². The van der Waals surface area contributed by atoms with Crippen molar-refractivity contribution in [2.75, 3.05) is 0 Å². The van der Waals surface area contributed by atoms with E-state index in [-0.39, 0.29) is 5.84 Å². The van der Waals surface area contributed by atoms with Gasteiger partial charge in [-0.3, -0.25) is 0 Å². The van der Waals surface area contributed by atoms with Gasteiger partial charge in [0.1, 0.15) is 12.4 Å². The summed E-state index contributed by atoms with van der Waals surface area (Å²) in [5.74, 6) is 0.845. The molecule has 3 N–H and O–H groups in total. The van der Waals surface area contributed by atoms with Gasteiger partial charge in [-0.25, -0.2) is 0 Å². The molecule has 2 aromatic rings. The second kappa shape index (κ2) is 6.43. The number of rotatable bonds is 4. The Labute approximate surface area is 126 Å². The number of ether oxygens (including phenoxy) is 1. The van der Waals surface area contributed by atoms with Crippen LogP contribution in [0.3, 0.4) is 0 Å². The number of hydrogen-bond donors (Lipinski definition) is 2. The van der Waals surface area contributed by atoms with Gasteiger partial charge in [0.2, 0.25) is 0 Å². The molecule has 2 rings (SSSR count). The van der Waals surface area contributed by atoms with Crippen LogP contribution in [0.5, 0.6) is 5.75 Å². The van der Waals surface area contributed by atoms with Gasteiger partial charge in [-0.1, -0.05) is 33.2 Å². The zero-order chi connectivity index (χ0) is 14.5. The summed E-state index contributed by atoms with van der Waals surface area (Å²) >= 11 is 3.43. The lowest BCUT2D eigenvalue weighted by molar-refractivity contribution is 0.306. The third-order valence-electron chi connectivity index (χ3n) is 2.88. The fraction of sp³-hybridized carbons (Fsp3) is 0.133. The lowest BCUT2D eigenvalue weighted by atomic mass is 10.1. The second-order valence-corrected chi connectivity index (χ2v) is 5.30. The summed E-state index contributed by atoms with van der Waals surface area (Å²) in [5.41, 5.74) is 8.25. The van der Waals surface area contributed by atoms with Crippen LogP contribution in [0, 0.1) is 6.92 Å². The molecule has 0 spiro atoms. The highest BCUT2D eigenvalue weighted by Crippen LogP contribution is 2.19. The van der Waals surface area contributed by atoms with Gasteiger partial charge in [0, 0.05) is 10.0 Å². The maximum atomic E-state index is 8.69. The molecule has 0 bridgehead atoms. The van der Waals surface area contributed by atoms with Gasteiger partial charge < -0.3 is 15.7 Å². The molecule has 0 fully saturated rings. The molecule has 0 amide bonds. The maximum Gasteiger partial charge on any atom is 0.170 e. The Morgan fingerprint density at radius 3 is 2.75 bits per heavy atom. The lowest BCUT2D eigenvalue weighted by Crippen LogP contribution is -2.14. The molecular formula is C15H15BrN2O2. The van der Waals surface area contributed by atoms with Gasteiger partial charge >= 0.3 is 0 Å². The molecule has 5 heteroatoms. The van der Waals surface area contributed by atoms with Crippen molar-refractivity contribution >= 4 is 21.8 Å². The molecule has 20 heavy (non-hydrogen) atoms. The molecule has 0 aliphatic heterocycles. The van der Waals surface area contributed by atoms with Crippen LogP contribution in [0.15, 0.2) is 52.1 Å². The number of halogens is 1. The third-order valence-corrected chi connectivity index (χ3v) is 3.37. The van der Waals surface area contributed by atoms with Gasteiger partial charge in [-0.15, -0.1) is 0 Å². The summed E-state index contributed by atoms with van der Waals surface area (Å²) < 4.78 is 6.76. The Balaban J connectivity index is 2.09. The Morgan fingerprint density at radius 2 is 2.10 bits per heavy atom. The highest BCUT2D eigenvalue weighted by atomic mass is 79.9. The van der Waals surface area contributed by atoms with Crippen LogP contribution in [0.4, 0.5) is 0 Å². The number of benzene rings is 2. The summed E-state index contributed by atoms with van der Waals surface area (Å²) in [5, 5.41) is 11.7. The van der Waals surface area contributed by atoms with Crippen LogP contribution in [0.25, 0.3) is 0 Å². The molecule has 2 aromatic carbocycles. The zero-order valence-electron chi connectivity index (χ0n) is 11.0. The van der Waals surface area contributed by atoms with Crippen molar-refractivity contribution in [1.29, 1.82) is 0 Å². The summed E-state index contributed by atoms with van der Waals surface area (Å²) in [6.07, 6.45) is 0. The van der Waals surface area contributed by atoms with Crippen molar-refractivity contribution in [2.45, 2.75) is 13.5 Å². The Bertz CT molecular complexity index is 642. The predicted molar refractivity (Wildman–Crippen MR) is 82.2 cm³/mol. The van der Waals surface area contributed by atoms with E-state index in [4.69, 9.17) is 15.7 Å². The minimum Gasteiger partial charge on any atom is -0.489 e. The molecule has 0 saturated carbocycles. The van der Waals surface area contributed by atoms with E-state index in [0.29, 0.717) is 12.2 Å². The average Bonchev–Trinajstić information content (AvgIpc) is 2.44. The molecule has 0 unspecified atom stereocenters. The van der Waals surface area contributed by atoms with Crippen LogP contribution in [-0.2, 0) is 6.61 Å². The number of oxime groups is 1. The van der Waals surface area contributed by atoms with Crippen molar-refractivity contribution in [2.24, 2.45) is 10.9 Å². The van der Waals surface area contributed by atoms with Gasteiger partial charge in [0.25, 0.3) is 0 Å². The van der Waals surface area contributed by atoms with E-state index in [1.54, 1.807) is 12.1 Å². The van der Waals surface area contributed by atoms with Gasteiger partial charge in [0.05, 0.1) is 0 Å². The van der Waals surface area contributed by atoms with E-state index in [9.17, 15) is 0 Å².